The van der Waals surface area contributed by atoms with Gasteiger partial charge < -0.3 is 9.64 Å². The molecule has 1 aliphatic heterocycles. The van der Waals surface area contributed by atoms with E-state index in [1.807, 2.05) is 44.3 Å². The zero-order valence-electron chi connectivity index (χ0n) is 21.0. The van der Waals surface area contributed by atoms with Crippen LogP contribution in [-0.2, 0) is 16.6 Å². The fourth-order valence-electron chi connectivity index (χ4n) is 4.36. The number of carbonyl (C=O) groups is 1. The number of aromatic nitrogens is 3. The van der Waals surface area contributed by atoms with Crippen molar-refractivity contribution >= 4 is 29.1 Å². The van der Waals surface area contributed by atoms with Crippen LogP contribution in [0.1, 0.15) is 50.6 Å². The van der Waals surface area contributed by atoms with Crippen molar-refractivity contribution in [2.75, 3.05) is 24.6 Å². The molecular weight excluding hydrogens is 462 g/mol. The van der Waals surface area contributed by atoms with Crippen LogP contribution in [0.4, 0.5) is 5.69 Å². The number of hydrogen-bond donors (Lipinski definition) is 0. The summed E-state index contributed by atoms with van der Waals surface area (Å²) in [5.41, 5.74) is 4.52. The summed E-state index contributed by atoms with van der Waals surface area (Å²) in [4.78, 5) is 34.2. The predicted octanol–water partition coefficient (Wildman–Crippen LogP) is 2.69. The second-order valence-corrected chi connectivity index (χ2v) is 9.38. The Balaban J connectivity index is 1.91. The van der Waals surface area contributed by atoms with Crippen LogP contribution in [0.25, 0.3) is 6.08 Å². The number of allylic oxidation sites excluding steroid dienone is 1. The number of benzene rings is 1. The molecule has 0 spiro atoms. The number of thiazole rings is 1. The van der Waals surface area contributed by atoms with Crippen LogP contribution in [0.5, 0.6) is 0 Å². The van der Waals surface area contributed by atoms with Crippen LogP contribution >= 0.6 is 11.3 Å². The Morgan fingerprint density at radius 1 is 1.17 bits per heavy atom. The van der Waals surface area contributed by atoms with E-state index in [0.29, 0.717) is 20.6 Å². The Kier molecular flexibility index (Phi) is 7.07. The minimum atomic E-state index is -0.617. The molecule has 2 aromatic heterocycles. The fraction of sp³-hybridized carbons (Fsp3) is 0.385. The number of carbonyl (C=O) groups excluding carboxylic acids is 1. The number of hydrogen-bond acceptors (Lipinski definition) is 7. The van der Waals surface area contributed by atoms with E-state index >= 15 is 0 Å². The van der Waals surface area contributed by atoms with Crippen LogP contribution in [0.3, 0.4) is 0 Å². The molecule has 1 aliphatic rings. The molecule has 3 aromatic rings. The molecule has 8 nitrogen and oxygen atoms in total. The van der Waals surface area contributed by atoms with E-state index in [1.165, 1.54) is 11.3 Å². The second kappa shape index (κ2) is 10.0. The maximum atomic E-state index is 13.7. The summed E-state index contributed by atoms with van der Waals surface area (Å²) < 4.78 is 9.31. The highest BCUT2D eigenvalue weighted by Gasteiger charge is 2.33. The van der Waals surface area contributed by atoms with Gasteiger partial charge in [0.25, 0.3) is 5.56 Å². The van der Waals surface area contributed by atoms with Crippen molar-refractivity contribution in [3.05, 3.63) is 78.2 Å². The van der Waals surface area contributed by atoms with E-state index in [0.717, 1.165) is 35.6 Å². The average Bonchev–Trinajstić information content (AvgIpc) is 3.32. The fourth-order valence-corrected chi connectivity index (χ4v) is 5.40. The molecule has 3 heterocycles. The van der Waals surface area contributed by atoms with Gasteiger partial charge >= 0.3 is 5.97 Å². The monoisotopic (exact) mass is 493 g/mol. The number of fused-ring (bicyclic) bond motifs is 1. The SMILES string of the molecule is CCOC(=O)C1=C(C)N=c2s/c(=C/c3cnn(C)c3C)c(=O)n2C1c1ccc(N(CC)CC)cc1. The van der Waals surface area contributed by atoms with Gasteiger partial charge in [-0.2, -0.15) is 5.10 Å². The van der Waals surface area contributed by atoms with Gasteiger partial charge in [0.1, 0.15) is 0 Å². The van der Waals surface area contributed by atoms with Gasteiger partial charge in [0, 0.05) is 37.1 Å². The van der Waals surface area contributed by atoms with Crippen LogP contribution < -0.4 is 19.8 Å². The highest BCUT2D eigenvalue weighted by atomic mass is 32.1. The molecule has 9 heteroatoms. The summed E-state index contributed by atoms with van der Waals surface area (Å²) >= 11 is 1.32. The Hall–Kier alpha value is -3.46. The summed E-state index contributed by atoms with van der Waals surface area (Å²) in [6.45, 7) is 11.8. The van der Waals surface area contributed by atoms with Gasteiger partial charge in [0.15, 0.2) is 4.80 Å². The summed E-state index contributed by atoms with van der Waals surface area (Å²) in [5, 5.41) is 4.27. The van der Waals surface area contributed by atoms with Gasteiger partial charge in [0.05, 0.1) is 34.6 Å². The first-order chi connectivity index (χ1) is 16.8. The maximum absolute atomic E-state index is 13.7. The molecule has 184 valence electrons. The Morgan fingerprint density at radius 3 is 2.43 bits per heavy atom. The molecule has 0 aliphatic carbocycles. The van der Waals surface area contributed by atoms with Crippen molar-refractivity contribution in [2.45, 2.75) is 40.7 Å². The topological polar surface area (TPSA) is 81.7 Å². The number of anilines is 1. The van der Waals surface area contributed by atoms with E-state index in [4.69, 9.17) is 4.74 Å². The lowest BCUT2D eigenvalue weighted by atomic mass is 9.95. The Labute approximate surface area is 208 Å². The third kappa shape index (κ3) is 4.48. The third-order valence-electron chi connectivity index (χ3n) is 6.41. The molecule has 0 bridgehead atoms. The Morgan fingerprint density at radius 2 is 1.86 bits per heavy atom. The van der Waals surface area contributed by atoms with Crippen LogP contribution in [0, 0.1) is 6.92 Å². The first-order valence-electron chi connectivity index (χ1n) is 11.8. The zero-order valence-corrected chi connectivity index (χ0v) is 21.8. The summed E-state index contributed by atoms with van der Waals surface area (Å²) in [6.07, 6.45) is 3.59. The molecule has 0 fully saturated rings. The third-order valence-corrected chi connectivity index (χ3v) is 7.40. The predicted molar refractivity (Wildman–Crippen MR) is 138 cm³/mol. The lowest BCUT2D eigenvalue weighted by Gasteiger charge is -2.26. The second-order valence-electron chi connectivity index (χ2n) is 8.38. The molecule has 4 rings (SSSR count). The number of aryl methyl sites for hydroxylation is 1. The van der Waals surface area contributed by atoms with E-state index in [2.05, 4.69) is 28.8 Å². The van der Waals surface area contributed by atoms with Crippen molar-refractivity contribution in [3.8, 4) is 0 Å². The molecular formula is C26H31N5O3S. The minimum absolute atomic E-state index is 0.191. The highest BCUT2D eigenvalue weighted by Crippen LogP contribution is 2.31. The summed E-state index contributed by atoms with van der Waals surface area (Å²) in [7, 11) is 1.87. The van der Waals surface area contributed by atoms with Crippen LogP contribution in [-0.4, -0.2) is 40.0 Å². The van der Waals surface area contributed by atoms with Gasteiger partial charge in [-0.15, -0.1) is 0 Å². The minimum Gasteiger partial charge on any atom is -0.463 e. The van der Waals surface area contributed by atoms with Gasteiger partial charge in [0.2, 0.25) is 0 Å². The quantitative estimate of drug-likeness (QED) is 0.473. The van der Waals surface area contributed by atoms with Crippen molar-refractivity contribution in [1.29, 1.82) is 0 Å². The molecule has 0 amide bonds. The maximum Gasteiger partial charge on any atom is 0.338 e. The summed E-state index contributed by atoms with van der Waals surface area (Å²) in [6, 6.07) is 7.43. The normalized spacial score (nSPS) is 15.7. The molecule has 1 unspecified atom stereocenters. The lowest BCUT2D eigenvalue weighted by molar-refractivity contribution is -0.139. The number of esters is 1. The van der Waals surface area contributed by atoms with E-state index < -0.39 is 12.0 Å². The number of nitrogens with zero attached hydrogens (tertiary/aromatic N) is 5. The first-order valence-corrected chi connectivity index (χ1v) is 12.6. The largest absolute Gasteiger partial charge is 0.463 e. The first kappa shape index (κ1) is 24.7. The van der Waals surface area contributed by atoms with E-state index in [1.54, 1.807) is 29.3 Å². The van der Waals surface area contributed by atoms with Crippen LogP contribution in [0.15, 0.2) is 51.5 Å². The van der Waals surface area contributed by atoms with Gasteiger partial charge in [-0.3, -0.25) is 14.0 Å². The van der Waals surface area contributed by atoms with Gasteiger partial charge in [-0.1, -0.05) is 23.5 Å². The van der Waals surface area contributed by atoms with Crippen LogP contribution in [0.2, 0.25) is 0 Å². The van der Waals surface area contributed by atoms with Crippen molar-refractivity contribution in [1.82, 2.24) is 14.3 Å². The molecule has 0 saturated heterocycles. The molecule has 0 radical (unpaired) electrons. The average molecular weight is 494 g/mol. The van der Waals surface area contributed by atoms with Crippen molar-refractivity contribution in [3.63, 3.8) is 0 Å². The van der Waals surface area contributed by atoms with E-state index in [-0.39, 0.29) is 12.2 Å². The molecule has 0 saturated carbocycles. The number of rotatable bonds is 7. The molecule has 1 atom stereocenters. The lowest BCUT2D eigenvalue weighted by Crippen LogP contribution is -2.40. The van der Waals surface area contributed by atoms with Gasteiger partial charge in [-0.25, -0.2) is 9.79 Å². The Bertz CT molecular complexity index is 1460. The smallest absolute Gasteiger partial charge is 0.338 e. The highest BCUT2D eigenvalue weighted by molar-refractivity contribution is 7.07. The number of ether oxygens (including phenoxy) is 1. The summed E-state index contributed by atoms with van der Waals surface area (Å²) in [5.74, 6) is -0.455. The zero-order chi connectivity index (χ0) is 25.3. The van der Waals surface area contributed by atoms with Gasteiger partial charge in [-0.05, 0) is 58.4 Å². The molecule has 1 aromatic carbocycles. The molecule has 35 heavy (non-hydrogen) atoms. The van der Waals surface area contributed by atoms with Crippen molar-refractivity contribution in [2.24, 2.45) is 12.0 Å². The standard InChI is InChI=1S/C26H31N5O3S/c1-7-30(8-2)20-12-10-18(11-13-20)23-22(25(33)34-9-3)16(4)28-26-31(23)24(32)21(35-26)14-19-15-27-29(6)17(19)5/h10-15,23H,7-9H2,1-6H3/b21-14+. The van der Waals surface area contributed by atoms with Crippen molar-refractivity contribution < 1.29 is 9.53 Å². The molecule has 0 N–H and O–H groups in total. The van der Waals surface area contributed by atoms with E-state index in [9.17, 15) is 9.59 Å².